The van der Waals surface area contributed by atoms with Crippen LogP contribution in [-0.2, 0) is 4.79 Å². The second kappa shape index (κ2) is 7.63. The second-order valence-corrected chi connectivity index (χ2v) is 6.72. The fourth-order valence-corrected chi connectivity index (χ4v) is 3.30. The van der Waals surface area contributed by atoms with Gasteiger partial charge in [0.05, 0.1) is 5.69 Å². The molecule has 1 atom stereocenters. The van der Waals surface area contributed by atoms with Crippen LogP contribution in [-0.4, -0.2) is 49.9 Å². The molecule has 1 saturated heterocycles. The highest BCUT2D eigenvalue weighted by molar-refractivity contribution is 5.77. The van der Waals surface area contributed by atoms with Gasteiger partial charge in [0.15, 0.2) is 5.82 Å². The van der Waals surface area contributed by atoms with Crippen molar-refractivity contribution in [2.24, 2.45) is 0 Å². The highest BCUT2D eigenvalue weighted by Crippen LogP contribution is 2.17. The Kier molecular flexibility index (Phi) is 5.31. The van der Waals surface area contributed by atoms with Crippen LogP contribution < -0.4 is 5.32 Å². The summed E-state index contributed by atoms with van der Waals surface area (Å²) in [5.41, 5.74) is 1.97. The molecule has 134 valence electrons. The summed E-state index contributed by atoms with van der Waals surface area (Å²) >= 11 is 0. The van der Waals surface area contributed by atoms with E-state index in [1.807, 2.05) is 36.9 Å². The number of carbonyl (C=O) groups excluding carboxylic acids is 1. The van der Waals surface area contributed by atoms with Gasteiger partial charge < -0.3 is 10.2 Å². The molecule has 1 fully saturated rings. The zero-order valence-corrected chi connectivity index (χ0v) is 15.2. The molecule has 1 amide bonds. The SMILES string of the molecule is Cc1cc(C)n(-c2ccc(NCCC(=O)N3CCCC[C@H]3C)nn2)n1. The van der Waals surface area contributed by atoms with Crippen LogP contribution in [0, 0.1) is 13.8 Å². The van der Waals surface area contributed by atoms with Crippen LogP contribution in [0.15, 0.2) is 18.2 Å². The fourth-order valence-electron chi connectivity index (χ4n) is 3.30. The molecule has 0 aromatic carbocycles. The van der Waals surface area contributed by atoms with E-state index in [2.05, 4.69) is 27.5 Å². The number of rotatable bonds is 5. The van der Waals surface area contributed by atoms with Gasteiger partial charge in [0, 0.05) is 31.2 Å². The summed E-state index contributed by atoms with van der Waals surface area (Å²) in [6.45, 7) is 7.52. The number of aromatic nitrogens is 4. The lowest BCUT2D eigenvalue weighted by Gasteiger charge is -2.33. The van der Waals surface area contributed by atoms with E-state index < -0.39 is 0 Å². The Bertz CT molecular complexity index is 724. The Morgan fingerprint density at radius 2 is 2.12 bits per heavy atom. The standard InChI is InChI=1S/C18H26N6O/c1-13-12-15(3)24(22-13)17-8-7-16(20-21-17)19-10-9-18(25)23-11-5-4-6-14(23)2/h7-8,12,14H,4-6,9-11H2,1-3H3,(H,19,20)/t14-/m1/s1. The monoisotopic (exact) mass is 342 g/mol. The van der Waals surface area contributed by atoms with Gasteiger partial charge in [-0.1, -0.05) is 0 Å². The first-order chi connectivity index (χ1) is 12.0. The van der Waals surface area contributed by atoms with Crippen LogP contribution in [0.5, 0.6) is 0 Å². The van der Waals surface area contributed by atoms with Gasteiger partial charge in [-0.05, 0) is 58.2 Å². The minimum absolute atomic E-state index is 0.215. The highest BCUT2D eigenvalue weighted by atomic mass is 16.2. The fraction of sp³-hybridized carbons (Fsp3) is 0.556. The highest BCUT2D eigenvalue weighted by Gasteiger charge is 2.22. The average Bonchev–Trinajstić information content (AvgIpc) is 2.94. The van der Waals surface area contributed by atoms with Crippen LogP contribution in [0.2, 0.25) is 0 Å². The lowest BCUT2D eigenvalue weighted by atomic mass is 10.0. The van der Waals surface area contributed by atoms with Gasteiger partial charge in [0.25, 0.3) is 0 Å². The van der Waals surface area contributed by atoms with Crippen molar-refractivity contribution < 1.29 is 4.79 Å². The van der Waals surface area contributed by atoms with Gasteiger partial charge in [-0.25, -0.2) is 4.68 Å². The summed E-state index contributed by atoms with van der Waals surface area (Å²) in [7, 11) is 0. The van der Waals surface area contributed by atoms with E-state index in [4.69, 9.17) is 0 Å². The van der Waals surface area contributed by atoms with Crippen molar-refractivity contribution in [1.29, 1.82) is 0 Å². The molecule has 7 nitrogen and oxygen atoms in total. The number of likely N-dealkylation sites (tertiary alicyclic amines) is 1. The molecule has 2 aromatic heterocycles. The van der Waals surface area contributed by atoms with Crippen molar-refractivity contribution in [3.8, 4) is 5.82 Å². The summed E-state index contributed by atoms with van der Waals surface area (Å²) in [4.78, 5) is 14.3. The second-order valence-electron chi connectivity index (χ2n) is 6.72. The topological polar surface area (TPSA) is 75.9 Å². The van der Waals surface area contributed by atoms with Crippen molar-refractivity contribution in [3.63, 3.8) is 0 Å². The molecular weight excluding hydrogens is 316 g/mol. The number of nitrogens with zero attached hydrogens (tertiary/aromatic N) is 5. The molecule has 1 aliphatic rings. The van der Waals surface area contributed by atoms with Gasteiger partial charge in [0.1, 0.15) is 5.82 Å². The third-order valence-corrected chi connectivity index (χ3v) is 4.65. The normalized spacial score (nSPS) is 17.6. The van der Waals surface area contributed by atoms with Gasteiger partial charge in [-0.2, -0.15) is 5.10 Å². The van der Waals surface area contributed by atoms with E-state index in [0.29, 0.717) is 30.6 Å². The van der Waals surface area contributed by atoms with E-state index >= 15 is 0 Å². The molecule has 25 heavy (non-hydrogen) atoms. The molecule has 1 aliphatic heterocycles. The minimum atomic E-state index is 0.215. The van der Waals surface area contributed by atoms with E-state index in [0.717, 1.165) is 30.8 Å². The molecule has 0 unspecified atom stereocenters. The first-order valence-corrected chi connectivity index (χ1v) is 8.95. The van der Waals surface area contributed by atoms with Gasteiger partial charge in [0.2, 0.25) is 5.91 Å². The first-order valence-electron chi connectivity index (χ1n) is 8.95. The largest absolute Gasteiger partial charge is 0.368 e. The molecule has 3 heterocycles. The molecule has 3 rings (SSSR count). The molecule has 1 N–H and O–H groups in total. The number of carbonyl (C=O) groups is 1. The Hall–Kier alpha value is -2.44. The third kappa shape index (κ3) is 4.15. The van der Waals surface area contributed by atoms with E-state index in [1.165, 1.54) is 6.42 Å². The number of hydrogen-bond acceptors (Lipinski definition) is 5. The number of anilines is 1. The van der Waals surface area contributed by atoms with Crippen molar-refractivity contribution in [2.75, 3.05) is 18.4 Å². The summed E-state index contributed by atoms with van der Waals surface area (Å²) in [5.74, 6) is 1.58. The number of amides is 1. The molecule has 0 bridgehead atoms. The maximum atomic E-state index is 12.3. The van der Waals surface area contributed by atoms with E-state index in [9.17, 15) is 4.79 Å². The smallest absolute Gasteiger partial charge is 0.224 e. The molecule has 0 spiro atoms. The van der Waals surface area contributed by atoms with Crippen LogP contribution in [0.4, 0.5) is 5.82 Å². The van der Waals surface area contributed by atoms with E-state index in [1.54, 1.807) is 4.68 Å². The summed E-state index contributed by atoms with van der Waals surface area (Å²) < 4.78 is 1.77. The zero-order chi connectivity index (χ0) is 17.8. The van der Waals surface area contributed by atoms with Crippen molar-refractivity contribution >= 4 is 11.7 Å². The van der Waals surface area contributed by atoms with Crippen LogP contribution >= 0.6 is 0 Å². The minimum Gasteiger partial charge on any atom is -0.368 e. The Morgan fingerprint density at radius 3 is 2.76 bits per heavy atom. The first kappa shape index (κ1) is 17.4. The van der Waals surface area contributed by atoms with E-state index in [-0.39, 0.29) is 5.91 Å². The Labute approximate surface area is 148 Å². The van der Waals surface area contributed by atoms with Crippen LogP contribution in [0.3, 0.4) is 0 Å². The maximum Gasteiger partial charge on any atom is 0.224 e. The van der Waals surface area contributed by atoms with Crippen molar-refractivity contribution in [1.82, 2.24) is 24.9 Å². The average molecular weight is 342 g/mol. The summed E-state index contributed by atoms with van der Waals surface area (Å²) in [5, 5.41) is 16.0. The zero-order valence-electron chi connectivity index (χ0n) is 15.2. The number of nitrogens with one attached hydrogen (secondary N) is 1. The van der Waals surface area contributed by atoms with Crippen LogP contribution in [0.25, 0.3) is 5.82 Å². The molecule has 2 aromatic rings. The molecule has 0 saturated carbocycles. The molecule has 0 aliphatic carbocycles. The predicted molar refractivity (Wildman–Crippen MR) is 96.8 cm³/mol. The number of aryl methyl sites for hydroxylation is 2. The van der Waals surface area contributed by atoms with Gasteiger partial charge >= 0.3 is 0 Å². The summed E-state index contributed by atoms with van der Waals surface area (Å²) in [6, 6.07) is 6.11. The van der Waals surface area contributed by atoms with Gasteiger partial charge in [-0.15, -0.1) is 10.2 Å². The lowest BCUT2D eigenvalue weighted by molar-refractivity contribution is -0.134. The molecule has 0 radical (unpaired) electrons. The van der Waals surface area contributed by atoms with Crippen molar-refractivity contribution in [2.45, 2.75) is 52.5 Å². The third-order valence-electron chi connectivity index (χ3n) is 4.65. The maximum absolute atomic E-state index is 12.3. The molecule has 7 heteroatoms. The van der Waals surface area contributed by atoms with Crippen molar-refractivity contribution in [3.05, 3.63) is 29.6 Å². The number of hydrogen-bond donors (Lipinski definition) is 1. The Morgan fingerprint density at radius 1 is 1.28 bits per heavy atom. The molecular formula is C18H26N6O. The Balaban J connectivity index is 1.52. The predicted octanol–water partition coefficient (Wildman–Crippen LogP) is 2.48. The summed E-state index contributed by atoms with van der Waals surface area (Å²) in [6.07, 6.45) is 3.92. The lowest BCUT2D eigenvalue weighted by Crippen LogP contribution is -2.42. The van der Waals surface area contributed by atoms with Crippen LogP contribution in [0.1, 0.15) is 44.0 Å². The number of piperidine rings is 1. The van der Waals surface area contributed by atoms with Gasteiger partial charge in [-0.3, -0.25) is 4.79 Å². The quantitative estimate of drug-likeness (QED) is 0.903.